The third-order valence-electron chi connectivity index (χ3n) is 6.92. The van der Waals surface area contributed by atoms with Gasteiger partial charge in [-0.05, 0) is 47.9 Å². The molecule has 0 bridgehead atoms. The van der Waals surface area contributed by atoms with Crippen molar-refractivity contribution in [2.75, 3.05) is 57.6 Å². The maximum absolute atomic E-state index is 12.7. The average Bonchev–Trinajstić information content (AvgIpc) is 3.20. The number of amides is 1. The van der Waals surface area contributed by atoms with E-state index in [1.807, 2.05) is 14.1 Å². The zero-order valence-electron chi connectivity index (χ0n) is 21.4. The molecule has 0 aliphatic carbocycles. The fourth-order valence-corrected chi connectivity index (χ4v) is 5.17. The fourth-order valence-electron chi connectivity index (χ4n) is 5.17. The molecule has 6 heteroatoms. The Morgan fingerprint density at radius 2 is 1.62 bits per heavy atom. The van der Waals surface area contributed by atoms with Gasteiger partial charge in [0.1, 0.15) is 6.54 Å². The number of piperidine rings is 1. The van der Waals surface area contributed by atoms with Crippen LogP contribution in [0, 0.1) is 5.92 Å². The number of hydrazone groups is 1. The summed E-state index contributed by atoms with van der Waals surface area (Å²) in [6.45, 7) is 6.92. The highest BCUT2D eigenvalue weighted by Gasteiger charge is 2.46. The summed E-state index contributed by atoms with van der Waals surface area (Å²) in [6, 6.07) is 17.2. The van der Waals surface area contributed by atoms with Gasteiger partial charge in [-0.15, -0.1) is 0 Å². The highest BCUT2D eigenvalue weighted by molar-refractivity contribution is 6.08. The van der Waals surface area contributed by atoms with Crippen LogP contribution in [-0.4, -0.2) is 64.5 Å². The topological polar surface area (TPSA) is 43.6 Å². The van der Waals surface area contributed by atoms with Crippen LogP contribution < -0.4 is 14.7 Å². The van der Waals surface area contributed by atoms with Gasteiger partial charge >= 0.3 is 0 Å². The summed E-state index contributed by atoms with van der Waals surface area (Å²) < 4.78 is 0. The van der Waals surface area contributed by atoms with Crippen molar-refractivity contribution in [1.82, 2.24) is 5.01 Å². The number of nitrogens with zero attached hydrogens (tertiary/aromatic N) is 4. The first-order valence-electron chi connectivity index (χ1n) is 12.3. The fraction of sp³-hybridized carbons (Fsp3) is 0.429. The number of hydrogen-bond acceptors (Lipinski definition) is 4. The van der Waals surface area contributed by atoms with Crippen LogP contribution in [0.15, 0.2) is 59.2 Å². The van der Waals surface area contributed by atoms with Crippen LogP contribution in [-0.2, 0) is 4.79 Å². The predicted octanol–water partition coefficient (Wildman–Crippen LogP) is 3.09. The summed E-state index contributed by atoms with van der Waals surface area (Å²) in [4.78, 5) is 18.5. The Kier molecular flexibility index (Phi) is 7.08. The van der Waals surface area contributed by atoms with Crippen molar-refractivity contribution in [3.05, 3.63) is 65.2 Å². The lowest BCUT2D eigenvalue weighted by molar-refractivity contribution is -0.899. The molecule has 0 spiro atoms. The Morgan fingerprint density at radius 3 is 2.15 bits per heavy atom. The maximum atomic E-state index is 12.7. The van der Waals surface area contributed by atoms with E-state index in [1.54, 1.807) is 16.8 Å². The highest BCUT2D eigenvalue weighted by Crippen LogP contribution is 2.39. The number of nitrogens with one attached hydrogen (secondary N) is 1. The zero-order valence-corrected chi connectivity index (χ0v) is 21.4. The molecule has 0 saturated carbocycles. The molecule has 1 unspecified atom stereocenters. The van der Waals surface area contributed by atoms with Crippen molar-refractivity contribution in [2.24, 2.45) is 11.0 Å². The van der Waals surface area contributed by atoms with Gasteiger partial charge in [0.2, 0.25) is 5.91 Å². The lowest BCUT2D eigenvalue weighted by Crippen LogP contribution is -3.14. The molecule has 2 aliphatic rings. The summed E-state index contributed by atoms with van der Waals surface area (Å²) in [5.74, 6) is 0.187. The van der Waals surface area contributed by atoms with Gasteiger partial charge in [0, 0.05) is 52.1 Å². The molecule has 180 valence electrons. The van der Waals surface area contributed by atoms with Gasteiger partial charge in [0.25, 0.3) is 0 Å². The van der Waals surface area contributed by atoms with Gasteiger partial charge in [-0.25, -0.2) is 5.01 Å². The number of likely N-dealkylation sites (tertiary alicyclic amines) is 1. The van der Waals surface area contributed by atoms with E-state index in [1.165, 1.54) is 16.8 Å². The Labute approximate surface area is 204 Å². The molecule has 1 N–H and O–H groups in total. The molecular weight excluding hydrogens is 422 g/mol. The van der Waals surface area contributed by atoms with E-state index in [0.29, 0.717) is 0 Å². The van der Waals surface area contributed by atoms with Crippen LogP contribution in [0.25, 0.3) is 6.08 Å². The molecule has 2 aromatic carbocycles. The van der Waals surface area contributed by atoms with Crippen molar-refractivity contribution < 1.29 is 9.69 Å². The molecule has 0 aromatic heterocycles. The lowest BCUT2D eigenvalue weighted by Gasteiger charge is -2.33. The third-order valence-corrected chi connectivity index (χ3v) is 6.92. The summed E-state index contributed by atoms with van der Waals surface area (Å²) in [5, 5.41) is 6.67. The monoisotopic (exact) mass is 460 g/mol. The van der Waals surface area contributed by atoms with E-state index in [9.17, 15) is 4.79 Å². The van der Waals surface area contributed by atoms with Gasteiger partial charge in [-0.2, -0.15) is 5.10 Å². The van der Waals surface area contributed by atoms with E-state index in [-0.39, 0.29) is 17.9 Å². The molecule has 6 nitrogen and oxygen atoms in total. The first-order chi connectivity index (χ1) is 16.3. The Morgan fingerprint density at radius 1 is 1.03 bits per heavy atom. The zero-order chi connectivity index (χ0) is 24.4. The molecule has 3 atom stereocenters. The summed E-state index contributed by atoms with van der Waals surface area (Å²) in [6.07, 6.45) is 3.41. The lowest BCUT2D eigenvalue weighted by atomic mass is 9.83. The summed E-state index contributed by atoms with van der Waals surface area (Å²) >= 11 is 0. The molecule has 1 fully saturated rings. The van der Waals surface area contributed by atoms with Gasteiger partial charge in [-0.3, -0.25) is 4.79 Å². The molecule has 2 aromatic rings. The molecule has 1 saturated heterocycles. The normalized spacial score (nSPS) is 23.0. The van der Waals surface area contributed by atoms with Crippen molar-refractivity contribution in [1.29, 1.82) is 0 Å². The molecule has 4 rings (SSSR count). The average molecular weight is 461 g/mol. The molecule has 0 radical (unpaired) electrons. The van der Waals surface area contributed by atoms with Crippen molar-refractivity contribution in [2.45, 2.75) is 26.3 Å². The second kappa shape index (κ2) is 10.0. The van der Waals surface area contributed by atoms with E-state index in [4.69, 9.17) is 5.10 Å². The van der Waals surface area contributed by atoms with Gasteiger partial charge < -0.3 is 14.7 Å². The van der Waals surface area contributed by atoms with Crippen molar-refractivity contribution in [3.63, 3.8) is 0 Å². The quantitative estimate of drug-likeness (QED) is 0.721. The van der Waals surface area contributed by atoms with E-state index >= 15 is 0 Å². The Bertz CT molecular complexity index is 1070. The van der Waals surface area contributed by atoms with Crippen molar-refractivity contribution in [3.8, 4) is 0 Å². The van der Waals surface area contributed by atoms with Crippen LogP contribution in [0.4, 0.5) is 11.4 Å². The van der Waals surface area contributed by atoms with Crippen LogP contribution in [0.3, 0.4) is 0 Å². The van der Waals surface area contributed by atoms with Gasteiger partial charge in [0.05, 0.1) is 30.8 Å². The second-order valence-corrected chi connectivity index (χ2v) is 9.92. The minimum atomic E-state index is -0.0598. The second-order valence-electron chi connectivity index (χ2n) is 9.92. The Balaban J connectivity index is 1.72. The molecular formula is C28H38N5O+. The smallest absolute Gasteiger partial charge is 0.240 e. The number of hydrogen-bond donors (Lipinski definition) is 1. The number of fused-ring (bicyclic) bond motifs is 1. The number of carbonyl (C=O) groups is 1. The molecule has 1 amide bonds. The van der Waals surface area contributed by atoms with Crippen LogP contribution in [0.5, 0.6) is 0 Å². The first kappa shape index (κ1) is 24.0. The summed E-state index contributed by atoms with van der Waals surface area (Å²) in [5.41, 5.74) is 6.99. The first-order valence-corrected chi connectivity index (χ1v) is 12.3. The van der Waals surface area contributed by atoms with E-state index in [2.05, 4.69) is 85.4 Å². The van der Waals surface area contributed by atoms with E-state index in [0.717, 1.165) is 43.0 Å². The third kappa shape index (κ3) is 4.87. The summed E-state index contributed by atoms with van der Waals surface area (Å²) in [7, 11) is 8.20. The molecule has 2 aliphatic heterocycles. The van der Waals surface area contributed by atoms with E-state index < -0.39 is 0 Å². The number of benzene rings is 2. The van der Waals surface area contributed by atoms with Gasteiger partial charge in [-0.1, -0.05) is 31.2 Å². The highest BCUT2D eigenvalue weighted by atomic mass is 16.2. The number of carbonyl (C=O) groups excluding carboxylic acids is 1. The minimum absolute atomic E-state index is 0.00434. The standard InChI is InChI=1S/C28H37N5O/c1-7-16-32-18-23(17-21-8-12-24(13-9-21)30(3)4)27-26(19-32)28(33(29-27)20(2)34)22-10-14-25(15-11-22)31(5)6/h8-15,17,26,28H,7,16,18-19H2,1-6H3/p+1/b23-17+/t26-,28-/m0/s1. The van der Waals surface area contributed by atoms with Crippen molar-refractivity contribution >= 4 is 29.1 Å². The van der Waals surface area contributed by atoms with Crippen LogP contribution >= 0.6 is 0 Å². The maximum Gasteiger partial charge on any atom is 0.240 e. The number of quaternary nitrogens is 1. The van der Waals surface area contributed by atoms with Crippen LogP contribution in [0.1, 0.15) is 37.4 Å². The van der Waals surface area contributed by atoms with Crippen LogP contribution in [0.2, 0.25) is 0 Å². The Hall–Kier alpha value is -3.12. The molecule has 34 heavy (non-hydrogen) atoms. The largest absolute Gasteiger partial charge is 0.378 e. The van der Waals surface area contributed by atoms with Gasteiger partial charge in [0.15, 0.2) is 0 Å². The molecule has 2 heterocycles. The predicted molar refractivity (Wildman–Crippen MR) is 142 cm³/mol. The SMILES string of the molecule is CCC[NH+]1C/C(=C\c2ccc(N(C)C)cc2)C2=NN(C(C)=O)[C@@H](c3ccc(N(C)C)cc3)[C@H]2C1. The number of rotatable bonds is 6. The minimum Gasteiger partial charge on any atom is -0.378 e. The number of anilines is 2.